The molecule has 2 saturated heterocycles. The van der Waals surface area contributed by atoms with E-state index < -0.39 is 0 Å². The average molecular weight is 389 g/mol. The van der Waals surface area contributed by atoms with E-state index in [1.54, 1.807) is 0 Å². The maximum absolute atomic E-state index is 12.7. The fourth-order valence-electron chi connectivity index (χ4n) is 4.33. The molecular formula is C21H32N4O3. The summed E-state index contributed by atoms with van der Waals surface area (Å²) in [6.07, 6.45) is 2.31. The van der Waals surface area contributed by atoms with Gasteiger partial charge in [0.2, 0.25) is 12.7 Å². The van der Waals surface area contributed by atoms with Gasteiger partial charge in [0.15, 0.2) is 11.5 Å². The Bertz CT molecular complexity index is 682. The van der Waals surface area contributed by atoms with E-state index in [2.05, 4.69) is 40.9 Å². The second-order valence-electron chi connectivity index (χ2n) is 8.29. The molecule has 4 rings (SSSR count). The van der Waals surface area contributed by atoms with Crippen LogP contribution in [0.25, 0.3) is 0 Å². The molecule has 154 valence electrons. The SMILES string of the molecule is CN1CCC(N(C)CC(=O)N2CCN(Cc3ccc4c(c3)OCO4)CC2)CC1. The summed E-state index contributed by atoms with van der Waals surface area (Å²) in [5, 5.41) is 0. The fourth-order valence-corrected chi connectivity index (χ4v) is 4.33. The van der Waals surface area contributed by atoms with Crippen LogP contribution >= 0.6 is 0 Å². The molecule has 0 bridgehead atoms. The van der Waals surface area contributed by atoms with Crippen molar-refractivity contribution < 1.29 is 14.3 Å². The number of hydrogen-bond acceptors (Lipinski definition) is 6. The lowest BCUT2D eigenvalue weighted by molar-refractivity contribution is -0.134. The molecular weight excluding hydrogens is 356 g/mol. The van der Waals surface area contributed by atoms with Gasteiger partial charge in [-0.05, 0) is 57.7 Å². The second-order valence-corrected chi connectivity index (χ2v) is 8.29. The zero-order valence-electron chi connectivity index (χ0n) is 17.1. The molecule has 3 aliphatic heterocycles. The Morgan fingerprint density at radius 1 is 1.07 bits per heavy atom. The van der Waals surface area contributed by atoms with Gasteiger partial charge in [0.25, 0.3) is 0 Å². The van der Waals surface area contributed by atoms with Crippen molar-refractivity contribution in [2.45, 2.75) is 25.4 Å². The van der Waals surface area contributed by atoms with Crippen LogP contribution in [0.4, 0.5) is 0 Å². The molecule has 0 aliphatic carbocycles. The van der Waals surface area contributed by atoms with E-state index in [1.807, 2.05) is 11.0 Å². The molecule has 2 fully saturated rings. The largest absolute Gasteiger partial charge is 0.454 e. The molecule has 3 heterocycles. The highest BCUT2D eigenvalue weighted by Gasteiger charge is 2.26. The van der Waals surface area contributed by atoms with Crippen LogP contribution in [0.2, 0.25) is 0 Å². The van der Waals surface area contributed by atoms with E-state index >= 15 is 0 Å². The summed E-state index contributed by atoms with van der Waals surface area (Å²) in [4.78, 5) is 21.8. The smallest absolute Gasteiger partial charge is 0.236 e. The number of fused-ring (bicyclic) bond motifs is 1. The van der Waals surface area contributed by atoms with Gasteiger partial charge in [-0.1, -0.05) is 6.07 Å². The van der Waals surface area contributed by atoms with E-state index in [4.69, 9.17) is 9.47 Å². The predicted molar refractivity (Wildman–Crippen MR) is 108 cm³/mol. The van der Waals surface area contributed by atoms with Crippen LogP contribution in [0.1, 0.15) is 18.4 Å². The lowest BCUT2D eigenvalue weighted by Gasteiger charge is -2.38. The third-order valence-electron chi connectivity index (χ3n) is 6.26. The summed E-state index contributed by atoms with van der Waals surface area (Å²) < 4.78 is 10.8. The molecule has 0 radical (unpaired) electrons. The van der Waals surface area contributed by atoms with Crippen molar-refractivity contribution in [1.82, 2.24) is 19.6 Å². The van der Waals surface area contributed by atoms with Crippen molar-refractivity contribution in [2.75, 3.05) is 66.7 Å². The quantitative estimate of drug-likeness (QED) is 0.753. The Kier molecular flexibility index (Phi) is 6.04. The van der Waals surface area contributed by atoms with Crippen molar-refractivity contribution in [1.29, 1.82) is 0 Å². The summed E-state index contributed by atoms with van der Waals surface area (Å²) in [6.45, 7) is 7.44. The van der Waals surface area contributed by atoms with E-state index in [-0.39, 0.29) is 5.91 Å². The Hall–Kier alpha value is -1.83. The summed E-state index contributed by atoms with van der Waals surface area (Å²) in [5.41, 5.74) is 1.23. The van der Waals surface area contributed by atoms with Crippen LogP contribution in [-0.4, -0.2) is 98.3 Å². The van der Waals surface area contributed by atoms with Gasteiger partial charge in [-0.3, -0.25) is 14.6 Å². The lowest BCUT2D eigenvalue weighted by Crippen LogP contribution is -2.52. The first-order valence-corrected chi connectivity index (χ1v) is 10.4. The molecule has 1 aromatic carbocycles. The second kappa shape index (κ2) is 8.68. The number of likely N-dealkylation sites (N-methyl/N-ethyl adjacent to an activating group) is 1. The van der Waals surface area contributed by atoms with Crippen molar-refractivity contribution in [3.8, 4) is 11.5 Å². The van der Waals surface area contributed by atoms with Gasteiger partial charge in [0, 0.05) is 38.8 Å². The normalized spacial score (nSPS) is 21.5. The topological polar surface area (TPSA) is 48.5 Å². The maximum atomic E-state index is 12.7. The summed E-state index contributed by atoms with van der Waals surface area (Å²) in [5.74, 6) is 1.93. The molecule has 7 nitrogen and oxygen atoms in total. The lowest BCUT2D eigenvalue weighted by atomic mass is 10.0. The zero-order valence-corrected chi connectivity index (χ0v) is 17.1. The predicted octanol–water partition coefficient (Wildman–Crippen LogP) is 1.09. The summed E-state index contributed by atoms with van der Waals surface area (Å²) in [6, 6.07) is 6.68. The number of piperidine rings is 1. The number of nitrogens with zero attached hydrogens (tertiary/aromatic N) is 4. The van der Waals surface area contributed by atoms with E-state index in [9.17, 15) is 4.79 Å². The number of likely N-dealkylation sites (tertiary alicyclic amines) is 1. The zero-order chi connectivity index (χ0) is 19.5. The third-order valence-corrected chi connectivity index (χ3v) is 6.26. The highest BCUT2D eigenvalue weighted by Crippen LogP contribution is 2.32. The van der Waals surface area contributed by atoms with Crippen LogP contribution in [-0.2, 0) is 11.3 Å². The van der Waals surface area contributed by atoms with Crippen LogP contribution in [0.5, 0.6) is 11.5 Å². The van der Waals surface area contributed by atoms with E-state index in [0.717, 1.165) is 70.2 Å². The number of piperazine rings is 1. The van der Waals surface area contributed by atoms with Gasteiger partial charge in [0.05, 0.1) is 6.54 Å². The van der Waals surface area contributed by atoms with E-state index in [1.165, 1.54) is 5.56 Å². The number of amides is 1. The highest BCUT2D eigenvalue weighted by atomic mass is 16.7. The Morgan fingerprint density at radius 2 is 1.79 bits per heavy atom. The molecule has 1 aromatic rings. The first-order valence-electron chi connectivity index (χ1n) is 10.4. The summed E-state index contributed by atoms with van der Waals surface area (Å²) in [7, 11) is 4.27. The number of hydrogen-bond donors (Lipinski definition) is 0. The number of rotatable bonds is 5. The van der Waals surface area contributed by atoms with Gasteiger partial charge in [-0.2, -0.15) is 0 Å². The minimum atomic E-state index is 0.268. The number of benzene rings is 1. The van der Waals surface area contributed by atoms with Crippen LogP contribution < -0.4 is 9.47 Å². The standard InChI is InChI=1S/C21H32N4O3/c1-22-7-5-18(6-8-22)23(2)15-21(26)25-11-9-24(10-12-25)14-17-3-4-19-20(13-17)28-16-27-19/h3-4,13,18H,5-12,14-16H2,1-2H3. The molecule has 28 heavy (non-hydrogen) atoms. The first kappa shape index (κ1) is 19.5. The van der Waals surface area contributed by atoms with Gasteiger partial charge in [-0.25, -0.2) is 0 Å². The molecule has 0 unspecified atom stereocenters. The summed E-state index contributed by atoms with van der Waals surface area (Å²) >= 11 is 0. The minimum absolute atomic E-state index is 0.268. The van der Waals surface area contributed by atoms with Crippen molar-refractivity contribution in [3.63, 3.8) is 0 Å². The molecule has 0 N–H and O–H groups in total. The number of carbonyl (C=O) groups is 1. The molecule has 0 spiro atoms. The van der Waals surface area contributed by atoms with Gasteiger partial charge < -0.3 is 19.3 Å². The average Bonchev–Trinajstić information content (AvgIpc) is 3.17. The van der Waals surface area contributed by atoms with Gasteiger partial charge in [0.1, 0.15) is 0 Å². The molecule has 7 heteroatoms. The molecule has 0 saturated carbocycles. The van der Waals surface area contributed by atoms with Crippen molar-refractivity contribution in [3.05, 3.63) is 23.8 Å². The maximum Gasteiger partial charge on any atom is 0.236 e. The Labute approximate surface area is 167 Å². The third kappa shape index (κ3) is 4.59. The van der Waals surface area contributed by atoms with Gasteiger partial charge in [-0.15, -0.1) is 0 Å². The first-order chi connectivity index (χ1) is 13.6. The molecule has 3 aliphatic rings. The number of ether oxygens (including phenoxy) is 2. The molecule has 0 atom stereocenters. The van der Waals surface area contributed by atoms with E-state index in [0.29, 0.717) is 19.4 Å². The van der Waals surface area contributed by atoms with Gasteiger partial charge >= 0.3 is 0 Å². The molecule has 1 amide bonds. The van der Waals surface area contributed by atoms with Crippen LogP contribution in [0.15, 0.2) is 18.2 Å². The highest BCUT2D eigenvalue weighted by molar-refractivity contribution is 5.78. The van der Waals surface area contributed by atoms with Crippen molar-refractivity contribution >= 4 is 5.91 Å². The van der Waals surface area contributed by atoms with Crippen LogP contribution in [0, 0.1) is 0 Å². The Morgan fingerprint density at radius 3 is 2.54 bits per heavy atom. The van der Waals surface area contributed by atoms with Crippen molar-refractivity contribution in [2.24, 2.45) is 0 Å². The molecule has 0 aromatic heterocycles. The number of carbonyl (C=O) groups excluding carboxylic acids is 1. The van der Waals surface area contributed by atoms with Crippen LogP contribution in [0.3, 0.4) is 0 Å². The Balaban J connectivity index is 1.22. The monoisotopic (exact) mass is 388 g/mol. The fraction of sp³-hybridized carbons (Fsp3) is 0.667. The minimum Gasteiger partial charge on any atom is -0.454 e.